The molecule has 2 aliphatic heterocycles. The molecule has 2 saturated heterocycles. The molecule has 0 spiro atoms. The molecular weight excluding hydrogens is 406 g/mol. The molecule has 2 fully saturated rings. The van der Waals surface area contributed by atoms with Gasteiger partial charge in [0.25, 0.3) is 0 Å². The fourth-order valence-corrected chi connectivity index (χ4v) is 5.54. The standard InChI is InChI=1S/C18H22ClN3O5S/c1-21(10-16(23)20-15-5-3-2-4-14(15)19)18(25)12-8-17(24)22(9-12)13-6-7-28(26,27)11-13/h2-5,12-13H,6-11H2,1H3,(H,20,23). The fourth-order valence-electron chi connectivity index (χ4n) is 3.63. The minimum atomic E-state index is -3.11. The quantitative estimate of drug-likeness (QED) is 0.747. The van der Waals surface area contributed by atoms with Crippen molar-refractivity contribution in [3.05, 3.63) is 29.3 Å². The predicted molar refractivity (Wildman–Crippen MR) is 105 cm³/mol. The number of hydrogen-bond acceptors (Lipinski definition) is 5. The van der Waals surface area contributed by atoms with Crippen molar-refractivity contribution in [2.75, 3.05) is 37.0 Å². The average Bonchev–Trinajstić information content (AvgIpc) is 3.18. The van der Waals surface area contributed by atoms with Crippen LogP contribution in [0.2, 0.25) is 5.02 Å². The molecule has 152 valence electrons. The van der Waals surface area contributed by atoms with Gasteiger partial charge in [-0.3, -0.25) is 14.4 Å². The van der Waals surface area contributed by atoms with Crippen LogP contribution in [0.1, 0.15) is 12.8 Å². The monoisotopic (exact) mass is 427 g/mol. The number of halogens is 1. The Kier molecular flexibility index (Phi) is 5.95. The van der Waals surface area contributed by atoms with Crippen molar-refractivity contribution in [3.8, 4) is 0 Å². The van der Waals surface area contributed by atoms with Crippen LogP contribution in [0.3, 0.4) is 0 Å². The Morgan fingerprint density at radius 1 is 1.32 bits per heavy atom. The van der Waals surface area contributed by atoms with Crippen LogP contribution in [0, 0.1) is 5.92 Å². The number of carbonyl (C=O) groups is 3. The van der Waals surface area contributed by atoms with Gasteiger partial charge in [-0.1, -0.05) is 23.7 Å². The lowest BCUT2D eigenvalue weighted by Crippen LogP contribution is -2.41. The van der Waals surface area contributed by atoms with Gasteiger partial charge in [-0.05, 0) is 18.6 Å². The van der Waals surface area contributed by atoms with Crippen LogP contribution in [0.15, 0.2) is 24.3 Å². The molecule has 2 heterocycles. The summed E-state index contributed by atoms with van der Waals surface area (Å²) in [4.78, 5) is 39.9. The van der Waals surface area contributed by atoms with Crippen LogP contribution < -0.4 is 5.32 Å². The summed E-state index contributed by atoms with van der Waals surface area (Å²) in [6.45, 7) is 0.0148. The molecule has 0 aliphatic carbocycles. The topological polar surface area (TPSA) is 104 Å². The number of sulfone groups is 1. The van der Waals surface area contributed by atoms with E-state index in [1.165, 1.54) is 16.8 Å². The van der Waals surface area contributed by atoms with Gasteiger partial charge in [0, 0.05) is 26.1 Å². The van der Waals surface area contributed by atoms with E-state index in [0.717, 1.165) is 0 Å². The number of carbonyl (C=O) groups excluding carboxylic acids is 3. The largest absolute Gasteiger partial charge is 0.338 e. The summed E-state index contributed by atoms with van der Waals surface area (Å²) in [5.74, 6) is -1.47. The summed E-state index contributed by atoms with van der Waals surface area (Å²) in [6, 6.07) is 6.42. The molecule has 0 aromatic heterocycles. The molecule has 1 aromatic rings. The van der Waals surface area contributed by atoms with Crippen molar-refractivity contribution < 1.29 is 22.8 Å². The highest BCUT2D eigenvalue weighted by Crippen LogP contribution is 2.27. The molecule has 0 saturated carbocycles. The summed E-state index contributed by atoms with van der Waals surface area (Å²) in [5.41, 5.74) is 0.458. The lowest BCUT2D eigenvalue weighted by molar-refractivity contribution is -0.137. The number of likely N-dealkylation sites (tertiary alicyclic amines) is 1. The number of rotatable bonds is 5. The van der Waals surface area contributed by atoms with Gasteiger partial charge in [0.05, 0.1) is 34.7 Å². The molecule has 28 heavy (non-hydrogen) atoms. The van der Waals surface area contributed by atoms with Crippen LogP contribution in [-0.2, 0) is 24.2 Å². The molecule has 8 nitrogen and oxygen atoms in total. The molecule has 1 N–H and O–H groups in total. The van der Waals surface area contributed by atoms with Crippen molar-refractivity contribution in [3.63, 3.8) is 0 Å². The lowest BCUT2D eigenvalue weighted by Gasteiger charge is -2.24. The maximum atomic E-state index is 12.7. The third-order valence-electron chi connectivity index (χ3n) is 5.06. The fraction of sp³-hybridized carbons (Fsp3) is 0.500. The summed E-state index contributed by atoms with van der Waals surface area (Å²) < 4.78 is 23.3. The van der Waals surface area contributed by atoms with Crippen LogP contribution in [0.4, 0.5) is 5.69 Å². The molecule has 0 bridgehead atoms. The maximum Gasteiger partial charge on any atom is 0.244 e. The second-order valence-electron chi connectivity index (χ2n) is 7.23. The summed E-state index contributed by atoms with van der Waals surface area (Å²) in [7, 11) is -1.61. The summed E-state index contributed by atoms with van der Waals surface area (Å²) in [5, 5.41) is 3.05. The number of amides is 3. The zero-order valence-corrected chi connectivity index (χ0v) is 17.0. The van der Waals surface area contributed by atoms with E-state index in [9.17, 15) is 22.8 Å². The third kappa shape index (κ3) is 4.64. The van der Waals surface area contributed by atoms with E-state index in [4.69, 9.17) is 11.6 Å². The number of likely N-dealkylation sites (N-methyl/N-ethyl adjacent to an activating group) is 1. The molecule has 2 unspecified atom stereocenters. The zero-order chi connectivity index (χ0) is 20.5. The van der Waals surface area contributed by atoms with E-state index in [1.54, 1.807) is 24.3 Å². The van der Waals surface area contributed by atoms with Gasteiger partial charge in [-0.25, -0.2) is 8.42 Å². The van der Waals surface area contributed by atoms with Crippen LogP contribution in [0.5, 0.6) is 0 Å². The van der Waals surface area contributed by atoms with Crippen molar-refractivity contribution in [2.45, 2.75) is 18.9 Å². The summed E-state index contributed by atoms with van der Waals surface area (Å²) >= 11 is 6.00. The highest BCUT2D eigenvalue weighted by Gasteiger charge is 2.42. The normalized spacial score (nSPS) is 23.6. The Balaban J connectivity index is 1.56. The van der Waals surface area contributed by atoms with Crippen molar-refractivity contribution in [2.24, 2.45) is 5.92 Å². The number of anilines is 1. The van der Waals surface area contributed by atoms with E-state index < -0.39 is 21.7 Å². The Labute approximate surface area is 168 Å². The molecule has 2 aliphatic rings. The van der Waals surface area contributed by atoms with E-state index in [0.29, 0.717) is 17.1 Å². The maximum absolute atomic E-state index is 12.7. The molecular formula is C18H22ClN3O5S. The minimum absolute atomic E-state index is 0.0336. The van der Waals surface area contributed by atoms with Gasteiger partial charge >= 0.3 is 0 Å². The number of benzene rings is 1. The first-order chi connectivity index (χ1) is 13.2. The Bertz CT molecular complexity index is 904. The van der Waals surface area contributed by atoms with Crippen molar-refractivity contribution in [1.29, 1.82) is 0 Å². The molecule has 3 rings (SSSR count). The molecule has 3 amide bonds. The number of nitrogens with one attached hydrogen (secondary N) is 1. The van der Waals surface area contributed by atoms with Gasteiger partial charge in [0.15, 0.2) is 9.84 Å². The first-order valence-corrected chi connectivity index (χ1v) is 11.2. The van der Waals surface area contributed by atoms with Gasteiger partial charge in [0.1, 0.15) is 0 Å². The van der Waals surface area contributed by atoms with E-state index >= 15 is 0 Å². The Hall–Kier alpha value is -2.13. The molecule has 0 radical (unpaired) electrons. The molecule has 2 atom stereocenters. The Morgan fingerprint density at radius 3 is 2.68 bits per heavy atom. The van der Waals surface area contributed by atoms with E-state index in [2.05, 4.69) is 5.32 Å². The second kappa shape index (κ2) is 8.08. The van der Waals surface area contributed by atoms with Gasteiger partial charge < -0.3 is 15.1 Å². The molecule has 1 aromatic carbocycles. The van der Waals surface area contributed by atoms with Crippen molar-refractivity contribution >= 4 is 44.8 Å². The number of hydrogen-bond donors (Lipinski definition) is 1. The second-order valence-corrected chi connectivity index (χ2v) is 9.86. The van der Waals surface area contributed by atoms with Crippen LogP contribution in [-0.4, -0.2) is 73.6 Å². The van der Waals surface area contributed by atoms with Gasteiger partial charge in [-0.15, -0.1) is 0 Å². The zero-order valence-electron chi connectivity index (χ0n) is 15.4. The SMILES string of the molecule is CN(CC(=O)Nc1ccccc1Cl)C(=O)C1CC(=O)N(C2CCS(=O)(=O)C2)C1. The molecule has 10 heteroatoms. The first kappa shape index (κ1) is 20.6. The predicted octanol–water partition coefficient (Wildman–Crippen LogP) is 0.772. The van der Waals surface area contributed by atoms with E-state index in [-0.39, 0.29) is 48.9 Å². The average molecular weight is 428 g/mol. The lowest BCUT2D eigenvalue weighted by atomic mass is 10.1. The van der Waals surface area contributed by atoms with Crippen LogP contribution in [0.25, 0.3) is 0 Å². The third-order valence-corrected chi connectivity index (χ3v) is 7.14. The Morgan fingerprint density at radius 2 is 2.04 bits per heavy atom. The minimum Gasteiger partial charge on any atom is -0.338 e. The number of para-hydroxylation sites is 1. The van der Waals surface area contributed by atoms with E-state index in [1.807, 2.05) is 0 Å². The van der Waals surface area contributed by atoms with Gasteiger partial charge in [-0.2, -0.15) is 0 Å². The highest BCUT2D eigenvalue weighted by molar-refractivity contribution is 7.91. The highest BCUT2D eigenvalue weighted by atomic mass is 35.5. The smallest absolute Gasteiger partial charge is 0.244 e. The summed E-state index contributed by atoms with van der Waals surface area (Å²) in [6.07, 6.45) is 0.441. The van der Waals surface area contributed by atoms with Crippen LogP contribution >= 0.6 is 11.6 Å². The number of nitrogens with zero attached hydrogens (tertiary/aromatic N) is 2. The first-order valence-electron chi connectivity index (χ1n) is 8.95. The van der Waals surface area contributed by atoms with Gasteiger partial charge in [0.2, 0.25) is 17.7 Å². The van der Waals surface area contributed by atoms with Crippen molar-refractivity contribution in [1.82, 2.24) is 9.80 Å².